The molecule has 1 saturated heterocycles. The number of aromatic nitrogens is 3. The van der Waals surface area contributed by atoms with E-state index in [-0.39, 0.29) is 5.91 Å². The molecule has 2 aromatic heterocycles. The zero-order chi connectivity index (χ0) is 21.1. The first-order valence-electron chi connectivity index (χ1n) is 10.4. The number of likely N-dealkylation sites (N-methyl/N-ethyl adjacent to an activating group) is 1. The van der Waals surface area contributed by atoms with Crippen molar-refractivity contribution in [1.82, 2.24) is 25.2 Å². The van der Waals surface area contributed by atoms with Gasteiger partial charge in [-0.1, -0.05) is 42.8 Å². The molecule has 0 aliphatic carbocycles. The Morgan fingerprint density at radius 1 is 1.27 bits per heavy atom. The van der Waals surface area contributed by atoms with Gasteiger partial charge in [-0.2, -0.15) is 0 Å². The second-order valence-electron chi connectivity index (χ2n) is 7.66. The summed E-state index contributed by atoms with van der Waals surface area (Å²) in [6.07, 6.45) is 4.19. The summed E-state index contributed by atoms with van der Waals surface area (Å²) in [7, 11) is 1.64. The molecule has 1 aromatic carbocycles. The highest BCUT2D eigenvalue weighted by atomic mass is 35.5. The lowest BCUT2D eigenvalue weighted by atomic mass is 10.0. The summed E-state index contributed by atoms with van der Waals surface area (Å²) in [4.78, 5) is 26.5. The fraction of sp³-hybridized carbons (Fsp3) is 0.409. The fourth-order valence-electron chi connectivity index (χ4n) is 3.86. The maximum atomic E-state index is 11.6. The van der Waals surface area contributed by atoms with Gasteiger partial charge in [-0.3, -0.25) is 4.79 Å². The number of aromatic amines is 1. The Morgan fingerprint density at radius 3 is 2.67 bits per heavy atom. The van der Waals surface area contributed by atoms with E-state index in [9.17, 15) is 4.79 Å². The first kappa shape index (κ1) is 20.6. The molecule has 1 amide bonds. The van der Waals surface area contributed by atoms with Crippen molar-refractivity contribution in [2.75, 3.05) is 32.0 Å². The molecule has 3 N–H and O–H groups in total. The van der Waals surface area contributed by atoms with Gasteiger partial charge in [0.25, 0.3) is 0 Å². The molecule has 0 saturated carbocycles. The van der Waals surface area contributed by atoms with E-state index in [1.165, 1.54) is 0 Å². The number of imidazole rings is 1. The number of hydrogen-bond donors (Lipinski definition) is 3. The number of nitrogens with zero attached hydrogens (tertiary/aromatic N) is 3. The molecule has 1 aliphatic rings. The number of H-pyrrole nitrogens is 1. The minimum atomic E-state index is -0.00850. The van der Waals surface area contributed by atoms with Crippen molar-refractivity contribution in [1.29, 1.82) is 0 Å². The molecule has 158 valence electrons. The number of fused-ring (bicyclic) bond motifs is 1. The topological polar surface area (TPSA) is 85.9 Å². The highest BCUT2D eigenvalue weighted by Gasteiger charge is 2.21. The molecule has 7 nitrogen and oxygen atoms in total. The predicted molar refractivity (Wildman–Crippen MR) is 121 cm³/mol. The van der Waals surface area contributed by atoms with Crippen LogP contribution in [-0.2, 0) is 11.2 Å². The lowest BCUT2D eigenvalue weighted by Gasteiger charge is -2.32. The van der Waals surface area contributed by atoms with Crippen LogP contribution in [0.5, 0.6) is 0 Å². The van der Waals surface area contributed by atoms with E-state index < -0.39 is 0 Å². The number of carbonyl (C=O) groups excluding carboxylic acids is 1. The van der Waals surface area contributed by atoms with Crippen LogP contribution >= 0.6 is 11.6 Å². The minimum Gasteiger partial charge on any atom is -0.379 e. The van der Waals surface area contributed by atoms with E-state index >= 15 is 0 Å². The summed E-state index contributed by atoms with van der Waals surface area (Å²) in [6, 6.07) is 8.19. The Balaban J connectivity index is 1.57. The molecule has 1 aliphatic heterocycles. The van der Waals surface area contributed by atoms with E-state index in [1.807, 2.05) is 24.3 Å². The zero-order valence-electron chi connectivity index (χ0n) is 17.3. The maximum absolute atomic E-state index is 11.6. The monoisotopic (exact) mass is 426 g/mol. The molecule has 3 heterocycles. The van der Waals surface area contributed by atoms with Crippen molar-refractivity contribution in [3.8, 4) is 11.4 Å². The third-order valence-corrected chi connectivity index (χ3v) is 6.01. The number of likely N-dealkylation sites (tertiary alicyclic amines) is 1. The van der Waals surface area contributed by atoms with Crippen molar-refractivity contribution < 1.29 is 4.79 Å². The molecular formula is C22H27ClN6O. The van der Waals surface area contributed by atoms with Gasteiger partial charge in [0.05, 0.1) is 23.3 Å². The van der Waals surface area contributed by atoms with Gasteiger partial charge in [-0.05, 0) is 24.9 Å². The Bertz CT molecular complexity index is 1020. The van der Waals surface area contributed by atoms with Crippen molar-refractivity contribution in [3.63, 3.8) is 0 Å². The second kappa shape index (κ2) is 9.02. The molecule has 3 aromatic rings. The van der Waals surface area contributed by atoms with Crippen LogP contribution in [0, 0.1) is 0 Å². The van der Waals surface area contributed by atoms with Crippen molar-refractivity contribution in [3.05, 3.63) is 41.0 Å². The predicted octanol–water partition coefficient (Wildman–Crippen LogP) is 3.46. The molecule has 0 radical (unpaired) electrons. The van der Waals surface area contributed by atoms with E-state index in [0.29, 0.717) is 23.1 Å². The first-order valence-corrected chi connectivity index (χ1v) is 10.8. The third-order valence-electron chi connectivity index (χ3n) is 5.72. The Hall–Kier alpha value is -2.64. The highest BCUT2D eigenvalue weighted by molar-refractivity contribution is 6.34. The van der Waals surface area contributed by atoms with Gasteiger partial charge in [0.1, 0.15) is 11.3 Å². The number of piperidine rings is 1. The normalized spacial score (nSPS) is 15.4. The molecule has 0 spiro atoms. The SMILES string of the molecule is CCN1CCC(Nc2c(Cl)cnc3[nH]c(-c4ccc(CC(=O)NC)cc4)nc23)CC1. The van der Waals surface area contributed by atoms with Gasteiger partial charge >= 0.3 is 0 Å². The van der Waals surface area contributed by atoms with Crippen LogP contribution in [0.25, 0.3) is 22.6 Å². The molecule has 0 bridgehead atoms. The summed E-state index contributed by atoms with van der Waals surface area (Å²) in [5, 5.41) is 6.84. The number of anilines is 1. The second-order valence-corrected chi connectivity index (χ2v) is 8.07. The zero-order valence-corrected chi connectivity index (χ0v) is 18.1. The lowest BCUT2D eigenvalue weighted by Crippen LogP contribution is -2.38. The summed E-state index contributed by atoms with van der Waals surface area (Å²) in [6.45, 7) is 5.48. The number of pyridine rings is 1. The van der Waals surface area contributed by atoms with Gasteiger partial charge in [-0.15, -0.1) is 0 Å². The van der Waals surface area contributed by atoms with E-state index in [4.69, 9.17) is 16.6 Å². The molecule has 4 rings (SSSR count). The Kier molecular flexibility index (Phi) is 6.20. The maximum Gasteiger partial charge on any atom is 0.224 e. The minimum absolute atomic E-state index is 0.00850. The molecular weight excluding hydrogens is 400 g/mol. The largest absolute Gasteiger partial charge is 0.379 e. The first-order chi connectivity index (χ1) is 14.6. The highest BCUT2D eigenvalue weighted by Crippen LogP contribution is 2.32. The smallest absolute Gasteiger partial charge is 0.224 e. The average Bonchev–Trinajstić information content (AvgIpc) is 3.21. The van der Waals surface area contributed by atoms with Crippen LogP contribution < -0.4 is 10.6 Å². The molecule has 30 heavy (non-hydrogen) atoms. The number of hydrogen-bond acceptors (Lipinski definition) is 5. The number of halogens is 1. The number of amides is 1. The molecule has 1 fully saturated rings. The van der Waals surface area contributed by atoms with Crippen LogP contribution in [-0.4, -0.2) is 58.5 Å². The van der Waals surface area contributed by atoms with Gasteiger partial charge in [0.15, 0.2) is 5.65 Å². The Morgan fingerprint density at radius 2 is 2.00 bits per heavy atom. The van der Waals surface area contributed by atoms with Gasteiger partial charge < -0.3 is 20.5 Å². The van der Waals surface area contributed by atoms with Crippen LogP contribution in [0.15, 0.2) is 30.5 Å². The van der Waals surface area contributed by atoms with Gasteiger partial charge in [-0.25, -0.2) is 9.97 Å². The van der Waals surface area contributed by atoms with E-state index in [2.05, 4.69) is 32.4 Å². The number of benzene rings is 1. The average molecular weight is 427 g/mol. The quantitative estimate of drug-likeness (QED) is 0.562. The molecule has 0 unspecified atom stereocenters. The van der Waals surface area contributed by atoms with E-state index in [0.717, 1.165) is 60.6 Å². The van der Waals surface area contributed by atoms with E-state index in [1.54, 1.807) is 13.2 Å². The standard InChI is InChI=1S/C22H27ClN6O/c1-3-29-10-8-16(9-11-29)26-19-17(23)13-25-22-20(19)27-21(28-22)15-6-4-14(5-7-15)12-18(30)24-2/h4-7,13,16H,3,8-12H2,1-2H3,(H,24,30)(H2,25,26,27,28). The van der Waals surface area contributed by atoms with Crippen molar-refractivity contribution in [2.45, 2.75) is 32.2 Å². The summed E-state index contributed by atoms with van der Waals surface area (Å²) in [5.74, 6) is 0.723. The lowest BCUT2D eigenvalue weighted by molar-refractivity contribution is -0.119. The van der Waals surface area contributed by atoms with Crippen LogP contribution in [0.1, 0.15) is 25.3 Å². The van der Waals surface area contributed by atoms with Crippen LogP contribution in [0.2, 0.25) is 5.02 Å². The van der Waals surface area contributed by atoms with Crippen LogP contribution in [0.4, 0.5) is 5.69 Å². The van der Waals surface area contributed by atoms with Crippen molar-refractivity contribution in [2.24, 2.45) is 0 Å². The fourth-order valence-corrected chi connectivity index (χ4v) is 4.05. The van der Waals surface area contributed by atoms with Gasteiger partial charge in [0, 0.05) is 31.7 Å². The number of rotatable bonds is 6. The molecule has 8 heteroatoms. The van der Waals surface area contributed by atoms with Crippen LogP contribution in [0.3, 0.4) is 0 Å². The summed E-state index contributed by atoms with van der Waals surface area (Å²) >= 11 is 6.49. The summed E-state index contributed by atoms with van der Waals surface area (Å²) < 4.78 is 0. The number of nitrogens with one attached hydrogen (secondary N) is 3. The molecule has 0 atom stereocenters. The van der Waals surface area contributed by atoms with Gasteiger partial charge in [0.2, 0.25) is 5.91 Å². The van der Waals surface area contributed by atoms with Crippen molar-refractivity contribution >= 4 is 34.4 Å². The summed E-state index contributed by atoms with van der Waals surface area (Å²) in [5.41, 5.74) is 4.20. The Labute approximate surface area is 181 Å². The third kappa shape index (κ3) is 4.42. The number of carbonyl (C=O) groups is 1.